The van der Waals surface area contributed by atoms with Crippen molar-refractivity contribution in [2.75, 3.05) is 26.2 Å². The van der Waals surface area contributed by atoms with Crippen molar-refractivity contribution in [1.29, 1.82) is 0 Å². The SMILES string of the molecule is Cl.Cl.NC[C@H]1CCC[C@H]1C(=O)N1CCOC(c2nccs2)C1. The number of nitrogens with two attached hydrogens (primary N) is 1. The Hall–Kier alpha value is -0.400. The first kappa shape index (κ1) is 19.6. The van der Waals surface area contributed by atoms with Crippen LogP contribution in [0.5, 0.6) is 0 Å². The molecule has 1 amide bonds. The van der Waals surface area contributed by atoms with Gasteiger partial charge in [0, 0.05) is 24.0 Å². The summed E-state index contributed by atoms with van der Waals surface area (Å²) in [6, 6.07) is 0. The van der Waals surface area contributed by atoms with Crippen molar-refractivity contribution < 1.29 is 9.53 Å². The largest absolute Gasteiger partial charge is 0.367 e. The van der Waals surface area contributed by atoms with Crippen molar-refractivity contribution in [3.05, 3.63) is 16.6 Å². The first-order valence-electron chi connectivity index (χ1n) is 7.29. The Morgan fingerprint density at radius 1 is 1.45 bits per heavy atom. The number of thiazole rings is 1. The first-order chi connectivity index (χ1) is 9.79. The summed E-state index contributed by atoms with van der Waals surface area (Å²) in [5.74, 6) is 0.751. The number of aromatic nitrogens is 1. The number of rotatable bonds is 3. The minimum atomic E-state index is -0.0644. The summed E-state index contributed by atoms with van der Waals surface area (Å²) >= 11 is 1.59. The minimum absolute atomic E-state index is 0. The highest BCUT2D eigenvalue weighted by atomic mass is 35.5. The summed E-state index contributed by atoms with van der Waals surface area (Å²) in [4.78, 5) is 18.9. The van der Waals surface area contributed by atoms with E-state index < -0.39 is 0 Å². The second-order valence-electron chi connectivity index (χ2n) is 5.55. The van der Waals surface area contributed by atoms with Crippen LogP contribution in [0.4, 0.5) is 0 Å². The zero-order chi connectivity index (χ0) is 13.9. The van der Waals surface area contributed by atoms with E-state index in [-0.39, 0.29) is 42.7 Å². The van der Waals surface area contributed by atoms with Crippen molar-refractivity contribution in [1.82, 2.24) is 9.88 Å². The zero-order valence-electron chi connectivity index (χ0n) is 12.3. The molecule has 1 aliphatic heterocycles. The van der Waals surface area contributed by atoms with Crippen LogP contribution >= 0.6 is 36.2 Å². The van der Waals surface area contributed by atoms with E-state index in [0.717, 1.165) is 24.3 Å². The van der Waals surface area contributed by atoms with Gasteiger partial charge in [-0.3, -0.25) is 4.79 Å². The Morgan fingerprint density at radius 2 is 2.27 bits per heavy atom. The van der Waals surface area contributed by atoms with Crippen molar-refractivity contribution in [2.24, 2.45) is 17.6 Å². The van der Waals surface area contributed by atoms with Crippen LogP contribution in [-0.4, -0.2) is 42.0 Å². The molecule has 0 aromatic carbocycles. The highest BCUT2D eigenvalue weighted by molar-refractivity contribution is 7.09. The number of ether oxygens (including phenoxy) is 1. The normalized spacial score (nSPS) is 27.9. The number of hydrogen-bond donors (Lipinski definition) is 1. The number of hydrogen-bond acceptors (Lipinski definition) is 5. The molecule has 1 unspecified atom stereocenters. The lowest BCUT2D eigenvalue weighted by molar-refractivity contribution is -0.144. The van der Waals surface area contributed by atoms with Crippen LogP contribution in [-0.2, 0) is 9.53 Å². The number of halogens is 2. The maximum Gasteiger partial charge on any atom is 0.226 e. The molecule has 2 N–H and O–H groups in total. The van der Waals surface area contributed by atoms with Crippen LogP contribution in [0, 0.1) is 11.8 Å². The number of carbonyl (C=O) groups excluding carboxylic acids is 1. The number of carbonyl (C=O) groups is 1. The Bertz CT molecular complexity index is 461. The predicted octanol–water partition coefficient (Wildman–Crippen LogP) is 2.26. The molecule has 0 bridgehead atoms. The molecule has 3 atom stereocenters. The van der Waals surface area contributed by atoms with Gasteiger partial charge in [-0.15, -0.1) is 36.2 Å². The molecule has 5 nitrogen and oxygen atoms in total. The molecule has 2 fully saturated rings. The maximum atomic E-state index is 12.7. The molecule has 2 aliphatic rings. The van der Waals surface area contributed by atoms with Crippen LogP contribution in [0.1, 0.15) is 30.4 Å². The molecule has 126 valence electrons. The topological polar surface area (TPSA) is 68.5 Å². The van der Waals surface area contributed by atoms with E-state index in [1.807, 2.05) is 10.3 Å². The van der Waals surface area contributed by atoms with Gasteiger partial charge in [-0.2, -0.15) is 0 Å². The lowest BCUT2D eigenvalue weighted by Crippen LogP contribution is -2.46. The van der Waals surface area contributed by atoms with Crippen LogP contribution in [0.3, 0.4) is 0 Å². The van der Waals surface area contributed by atoms with Crippen LogP contribution in [0.15, 0.2) is 11.6 Å². The van der Waals surface area contributed by atoms with E-state index in [9.17, 15) is 4.79 Å². The highest BCUT2D eigenvalue weighted by Gasteiger charge is 2.37. The van der Waals surface area contributed by atoms with Gasteiger partial charge < -0.3 is 15.4 Å². The van der Waals surface area contributed by atoms with Crippen LogP contribution < -0.4 is 5.73 Å². The highest BCUT2D eigenvalue weighted by Crippen LogP contribution is 2.34. The maximum absolute atomic E-state index is 12.7. The smallest absolute Gasteiger partial charge is 0.226 e. The molecule has 1 saturated heterocycles. The van der Waals surface area contributed by atoms with Crippen LogP contribution in [0.25, 0.3) is 0 Å². The lowest BCUT2D eigenvalue weighted by Gasteiger charge is -2.34. The Morgan fingerprint density at radius 3 is 2.95 bits per heavy atom. The summed E-state index contributed by atoms with van der Waals surface area (Å²) in [5, 5.41) is 2.91. The Labute approximate surface area is 147 Å². The van der Waals surface area contributed by atoms with Gasteiger partial charge in [-0.25, -0.2) is 4.98 Å². The molecule has 8 heteroatoms. The van der Waals surface area contributed by atoms with Crippen molar-refractivity contribution >= 4 is 42.1 Å². The van der Waals surface area contributed by atoms with Gasteiger partial charge in [0.05, 0.1) is 13.2 Å². The molecule has 2 heterocycles. The summed E-state index contributed by atoms with van der Waals surface area (Å²) in [6.07, 6.45) is 4.92. The minimum Gasteiger partial charge on any atom is -0.367 e. The average molecular weight is 368 g/mol. The van der Waals surface area contributed by atoms with E-state index in [2.05, 4.69) is 4.98 Å². The molecular weight excluding hydrogens is 345 g/mol. The van der Waals surface area contributed by atoms with Crippen molar-refractivity contribution in [3.8, 4) is 0 Å². The second kappa shape index (κ2) is 9.03. The van der Waals surface area contributed by atoms with Crippen LogP contribution in [0.2, 0.25) is 0 Å². The summed E-state index contributed by atoms with van der Waals surface area (Å²) in [5.41, 5.74) is 5.79. The van der Waals surface area contributed by atoms with Gasteiger partial charge in [0.2, 0.25) is 5.91 Å². The third-order valence-electron chi connectivity index (χ3n) is 4.38. The number of amides is 1. The van der Waals surface area contributed by atoms with Gasteiger partial charge in [0.15, 0.2) is 0 Å². The van der Waals surface area contributed by atoms with Gasteiger partial charge in [0.1, 0.15) is 11.1 Å². The first-order valence-corrected chi connectivity index (χ1v) is 8.17. The summed E-state index contributed by atoms with van der Waals surface area (Å²) in [6.45, 7) is 2.53. The number of nitrogens with zero attached hydrogens (tertiary/aromatic N) is 2. The second-order valence-corrected chi connectivity index (χ2v) is 6.47. The van der Waals surface area contributed by atoms with E-state index in [1.54, 1.807) is 17.5 Å². The zero-order valence-corrected chi connectivity index (χ0v) is 14.8. The van der Waals surface area contributed by atoms with Crippen molar-refractivity contribution in [2.45, 2.75) is 25.4 Å². The fourth-order valence-electron chi connectivity index (χ4n) is 3.27. The average Bonchev–Trinajstić information content (AvgIpc) is 3.17. The molecule has 0 radical (unpaired) electrons. The van der Waals surface area contributed by atoms with E-state index in [4.69, 9.17) is 10.5 Å². The predicted molar refractivity (Wildman–Crippen MR) is 91.8 cm³/mol. The summed E-state index contributed by atoms with van der Waals surface area (Å²) in [7, 11) is 0. The number of morpholine rings is 1. The summed E-state index contributed by atoms with van der Waals surface area (Å²) < 4.78 is 5.75. The van der Waals surface area contributed by atoms with Gasteiger partial charge in [0.25, 0.3) is 0 Å². The van der Waals surface area contributed by atoms with E-state index in [0.29, 0.717) is 32.2 Å². The quantitative estimate of drug-likeness (QED) is 0.889. The monoisotopic (exact) mass is 367 g/mol. The van der Waals surface area contributed by atoms with Gasteiger partial charge >= 0.3 is 0 Å². The lowest BCUT2D eigenvalue weighted by atomic mass is 9.94. The third kappa shape index (κ3) is 4.11. The Balaban J connectivity index is 0.00000121. The van der Waals surface area contributed by atoms with Crippen molar-refractivity contribution in [3.63, 3.8) is 0 Å². The molecule has 0 spiro atoms. The fraction of sp³-hybridized carbons (Fsp3) is 0.714. The standard InChI is InChI=1S/C14H21N3O2S.2ClH/c15-8-10-2-1-3-11(10)14(18)17-5-6-19-12(9-17)13-16-4-7-20-13;;/h4,7,10-12H,1-3,5-6,8-9,15H2;2*1H/t10-,11-,12?;;/m1../s1. The van der Waals surface area contributed by atoms with Gasteiger partial charge in [-0.05, 0) is 25.3 Å². The third-order valence-corrected chi connectivity index (χ3v) is 5.25. The Kier molecular flexibility index (Phi) is 8.07. The molecular formula is C14H23Cl2N3O2S. The molecule has 1 aromatic heterocycles. The van der Waals surface area contributed by atoms with E-state index in [1.165, 1.54) is 0 Å². The van der Waals surface area contributed by atoms with Gasteiger partial charge in [-0.1, -0.05) is 6.42 Å². The molecule has 1 saturated carbocycles. The molecule has 1 aromatic rings. The molecule has 3 rings (SSSR count). The molecule has 1 aliphatic carbocycles. The fourth-order valence-corrected chi connectivity index (χ4v) is 3.95. The molecule has 22 heavy (non-hydrogen) atoms. The van der Waals surface area contributed by atoms with E-state index >= 15 is 0 Å².